The van der Waals surface area contributed by atoms with Gasteiger partial charge in [0.15, 0.2) is 0 Å². The molecule has 1 aromatic heterocycles. The van der Waals surface area contributed by atoms with Gasteiger partial charge in [0.1, 0.15) is 0 Å². The van der Waals surface area contributed by atoms with Crippen molar-refractivity contribution in [2.75, 3.05) is 6.54 Å². The number of carboxylic acid groups (broad SMARTS) is 1. The maximum Gasteiger partial charge on any atom is 0.310 e. The Labute approximate surface area is 105 Å². The minimum Gasteiger partial charge on any atom is -0.481 e. The smallest absolute Gasteiger partial charge is 0.310 e. The number of nitrogens with one attached hydrogen (secondary N) is 2. The van der Waals surface area contributed by atoms with E-state index in [4.69, 9.17) is 5.11 Å². The lowest BCUT2D eigenvalue weighted by Gasteiger charge is -2.10. The molecule has 0 atom stereocenters. The number of fused-ring (bicyclic) bond motifs is 1. The summed E-state index contributed by atoms with van der Waals surface area (Å²) in [5, 5.41) is 13.5. The van der Waals surface area contributed by atoms with Crippen LogP contribution in [0.1, 0.15) is 18.4 Å². The zero-order valence-corrected chi connectivity index (χ0v) is 10.1. The van der Waals surface area contributed by atoms with Crippen LogP contribution in [-0.4, -0.2) is 22.6 Å². The molecule has 4 nitrogen and oxygen atoms in total. The third kappa shape index (κ3) is 1.88. The fourth-order valence-electron chi connectivity index (χ4n) is 2.33. The minimum atomic E-state index is -0.672. The molecule has 2 aromatic rings. The monoisotopic (exact) mass is 244 g/mol. The Hall–Kier alpha value is -1.81. The summed E-state index contributed by atoms with van der Waals surface area (Å²) in [6.07, 6.45) is 3.57. The number of aromatic amines is 1. The van der Waals surface area contributed by atoms with E-state index in [0.29, 0.717) is 13.1 Å². The lowest BCUT2D eigenvalue weighted by Crippen LogP contribution is -2.29. The Morgan fingerprint density at radius 2 is 2.17 bits per heavy atom. The van der Waals surface area contributed by atoms with E-state index in [1.807, 2.05) is 24.4 Å². The van der Waals surface area contributed by atoms with Gasteiger partial charge in [0.05, 0.1) is 5.41 Å². The number of rotatable bonds is 5. The van der Waals surface area contributed by atoms with Gasteiger partial charge < -0.3 is 15.4 Å². The quantitative estimate of drug-likeness (QED) is 0.754. The molecule has 1 aromatic carbocycles. The Kier molecular flexibility index (Phi) is 2.59. The van der Waals surface area contributed by atoms with Gasteiger partial charge in [-0.25, -0.2) is 0 Å². The molecule has 0 saturated heterocycles. The molecule has 4 heteroatoms. The lowest BCUT2D eigenvalue weighted by atomic mass is 10.1. The molecule has 18 heavy (non-hydrogen) atoms. The molecular weight excluding hydrogens is 228 g/mol. The van der Waals surface area contributed by atoms with Crippen LogP contribution >= 0.6 is 0 Å². The highest BCUT2D eigenvalue weighted by atomic mass is 16.4. The summed E-state index contributed by atoms with van der Waals surface area (Å²) in [7, 11) is 0. The van der Waals surface area contributed by atoms with Crippen molar-refractivity contribution in [1.82, 2.24) is 10.3 Å². The molecule has 1 heterocycles. The second kappa shape index (κ2) is 4.14. The van der Waals surface area contributed by atoms with E-state index in [1.54, 1.807) is 0 Å². The fourth-order valence-corrected chi connectivity index (χ4v) is 2.33. The van der Waals surface area contributed by atoms with Gasteiger partial charge in [0.25, 0.3) is 0 Å². The van der Waals surface area contributed by atoms with Crippen LogP contribution in [0.3, 0.4) is 0 Å². The first-order valence-electron chi connectivity index (χ1n) is 6.20. The minimum absolute atomic E-state index is 0.494. The third-order valence-corrected chi connectivity index (χ3v) is 3.76. The first-order chi connectivity index (χ1) is 8.71. The van der Waals surface area contributed by atoms with Crippen LogP contribution in [0.2, 0.25) is 0 Å². The molecule has 0 aliphatic heterocycles. The number of carboxylic acids is 1. The Balaban J connectivity index is 1.65. The standard InChI is InChI=1S/C14H16N2O2/c17-13(18)14(5-6-14)9-15-7-10-8-16-12-4-2-1-3-11(10)12/h1-4,8,15-16H,5-7,9H2,(H,17,18). The first-order valence-corrected chi connectivity index (χ1v) is 6.20. The molecule has 1 saturated carbocycles. The maximum absolute atomic E-state index is 11.0. The summed E-state index contributed by atoms with van der Waals surface area (Å²) >= 11 is 0. The number of aromatic nitrogens is 1. The van der Waals surface area contributed by atoms with Gasteiger partial charge in [-0.05, 0) is 24.5 Å². The van der Waals surface area contributed by atoms with E-state index in [-0.39, 0.29) is 0 Å². The van der Waals surface area contributed by atoms with Gasteiger partial charge in [-0.2, -0.15) is 0 Å². The van der Waals surface area contributed by atoms with Gasteiger partial charge >= 0.3 is 5.97 Å². The van der Waals surface area contributed by atoms with Crippen molar-refractivity contribution in [2.45, 2.75) is 19.4 Å². The predicted molar refractivity (Wildman–Crippen MR) is 69.3 cm³/mol. The molecule has 94 valence electrons. The molecule has 0 unspecified atom stereocenters. The number of benzene rings is 1. The Bertz CT molecular complexity index is 584. The first kappa shape index (κ1) is 11.3. The van der Waals surface area contributed by atoms with Gasteiger partial charge in [-0.3, -0.25) is 4.79 Å². The summed E-state index contributed by atoms with van der Waals surface area (Å²) in [6, 6.07) is 8.13. The summed E-state index contributed by atoms with van der Waals surface area (Å²) in [4.78, 5) is 14.3. The number of carbonyl (C=O) groups is 1. The highest BCUT2D eigenvalue weighted by Gasteiger charge is 2.49. The fraction of sp³-hybridized carbons (Fsp3) is 0.357. The molecule has 0 spiro atoms. The molecule has 0 radical (unpaired) electrons. The van der Waals surface area contributed by atoms with E-state index < -0.39 is 11.4 Å². The Morgan fingerprint density at radius 3 is 2.89 bits per heavy atom. The second-order valence-electron chi connectivity index (χ2n) is 5.05. The van der Waals surface area contributed by atoms with Gasteiger partial charge in [0, 0.05) is 30.2 Å². The molecule has 1 fully saturated rings. The number of H-pyrrole nitrogens is 1. The largest absolute Gasteiger partial charge is 0.481 e. The van der Waals surface area contributed by atoms with Crippen LogP contribution < -0.4 is 5.32 Å². The zero-order chi connectivity index (χ0) is 12.6. The molecule has 1 aliphatic carbocycles. The average Bonchev–Trinajstić information content (AvgIpc) is 3.06. The van der Waals surface area contributed by atoms with E-state index in [1.165, 1.54) is 10.9 Å². The molecule has 0 bridgehead atoms. The summed E-state index contributed by atoms with van der Waals surface area (Å²) in [5.41, 5.74) is 1.81. The normalized spacial score (nSPS) is 16.9. The highest BCUT2D eigenvalue weighted by Crippen LogP contribution is 2.45. The number of hydrogen-bond acceptors (Lipinski definition) is 2. The van der Waals surface area contributed by atoms with E-state index in [0.717, 1.165) is 18.4 Å². The van der Waals surface area contributed by atoms with Crippen molar-refractivity contribution in [3.05, 3.63) is 36.0 Å². The summed E-state index contributed by atoms with van der Waals surface area (Å²) in [5.74, 6) is -0.672. The van der Waals surface area contributed by atoms with Gasteiger partial charge in [0.2, 0.25) is 0 Å². The highest BCUT2D eigenvalue weighted by molar-refractivity contribution is 5.83. The summed E-state index contributed by atoms with van der Waals surface area (Å²) in [6.45, 7) is 1.26. The van der Waals surface area contributed by atoms with Crippen LogP contribution in [0.5, 0.6) is 0 Å². The third-order valence-electron chi connectivity index (χ3n) is 3.76. The second-order valence-corrected chi connectivity index (χ2v) is 5.05. The number of hydrogen-bond donors (Lipinski definition) is 3. The van der Waals surface area contributed by atoms with Crippen molar-refractivity contribution < 1.29 is 9.90 Å². The average molecular weight is 244 g/mol. The topological polar surface area (TPSA) is 65.1 Å². The van der Waals surface area contributed by atoms with E-state index in [2.05, 4.69) is 16.4 Å². The summed E-state index contributed by atoms with van der Waals surface area (Å²) < 4.78 is 0. The Morgan fingerprint density at radius 1 is 1.39 bits per heavy atom. The van der Waals surface area contributed by atoms with E-state index >= 15 is 0 Å². The number of para-hydroxylation sites is 1. The SMILES string of the molecule is O=C(O)C1(CNCc2c[nH]c3ccccc23)CC1. The van der Waals surface area contributed by atoms with Gasteiger partial charge in [-0.1, -0.05) is 18.2 Å². The zero-order valence-electron chi connectivity index (χ0n) is 10.1. The molecular formula is C14H16N2O2. The van der Waals surface area contributed by atoms with Crippen LogP contribution in [0.25, 0.3) is 10.9 Å². The van der Waals surface area contributed by atoms with Crippen LogP contribution in [-0.2, 0) is 11.3 Å². The van der Waals surface area contributed by atoms with Crippen molar-refractivity contribution >= 4 is 16.9 Å². The van der Waals surface area contributed by atoms with Gasteiger partial charge in [-0.15, -0.1) is 0 Å². The van der Waals surface area contributed by atoms with Crippen LogP contribution in [0.4, 0.5) is 0 Å². The van der Waals surface area contributed by atoms with Crippen LogP contribution in [0, 0.1) is 5.41 Å². The molecule has 3 rings (SSSR count). The van der Waals surface area contributed by atoms with E-state index in [9.17, 15) is 4.79 Å². The maximum atomic E-state index is 11.0. The predicted octanol–water partition coefficient (Wildman–Crippen LogP) is 2.12. The number of aliphatic carboxylic acids is 1. The van der Waals surface area contributed by atoms with Crippen molar-refractivity contribution in [3.63, 3.8) is 0 Å². The van der Waals surface area contributed by atoms with Crippen molar-refractivity contribution in [3.8, 4) is 0 Å². The molecule has 3 N–H and O–H groups in total. The van der Waals surface area contributed by atoms with Crippen molar-refractivity contribution in [1.29, 1.82) is 0 Å². The molecule has 0 amide bonds. The lowest BCUT2D eigenvalue weighted by molar-refractivity contribution is -0.143. The van der Waals surface area contributed by atoms with Crippen LogP contribution in [0.15, 0.2) is 30.5 Å². The van der Waals surface area contributed by atoms with Crippen molar-refractivity contribution in [2.24, 2.45) is 5.41 Å². The molecule has 1 aliphatic rings.